The number of nitrogens with two attached hydrogens (primary N) is 1. The topological polar surface area (TPSA) is 115 Å². The Hall–Kier alpha value is -2.81. The molecule has 1 aliphatic carbocycles. The number of hydrogen-bond acceptors (Lipinski definition) is 6. The third-order valence-electron chi connectivity index (χ3n) is 4.32. The van der Waals surface area contributed by atoms with Crippen molar-refractivity contribution in [2.75, 3.05) is 16.9 Å². The second-order valence-corrected chi connectivity index (χ2v) is 7.21. The summed E-state index contributed by atoms with van der Waals surface area (Å²) in [5, 5.41) is 19.0. The molecule has 2 aromatic heterocycles. The second kappa shape index (κ2) is 6.83. The molecule has 9 heteroatoms. The Labute approximate surface area is 154 Å². The predicted molar refractivity (Wildman–Crippen MR) is 100 cm³/mol. The summed E-state index contributed by atoms with van der Waals surface area (Å²) < 4.78 is 1.40. The number of H-pyrrole nitrogens is 1. The molecule has 0 saturated heterocycles. The smallest absolute Gasteiger partial charge is 0.234 e. The monoisotopic (exact) mass is 369 g/mol. The summed E-state index contributed by atoms with van der Waals surface area (Å²) in [5.74, 6) is 6.73. The normalized spacial score (nSPS) is 13.0. The van der Waals surface area contributed by atoms with Crippen molar-refractivity contribution in [2.24, 2.45) is 0 Å². The molecule has 3 aromatic rings. The van der Waals surface area contributed by atoms with Crippen LogP contribution in [0.5, 0.6) is 0 Å². The first kappa shape index (κ1) is 16.6. The van der Waals surface area contributed by atoms with Gasteiger partial charge in [-0.3, -0.25) is 9.89 Å². The number of amides is 1. The number of hydrogen-bond donors (Lipinski definition) is 3. The number of thioether (sulfide) groups is 1. The van der Waals surface area contributed by atoms with Gasteiger partial charge in [0.1, 0.15) is 5.69 Å². The zero-order chi connectivity index (χ0) is 18.1. The van der Waals surface area contributed by atoms with Gasteiger partial charge >= 0.3 is 0 Å². The Kier molecular flexibility index (Phi) is 4.37. The van der Waals surface area contributed by atoms with Crippen LogP contribution in [0.2, 0.25) is 0 Å². The highest BCUT2D eigenvalue weighted by atomic mass is 32.2. The van der Waals surface area contributed by atoms with Gasteiger partial charge < -0.3 is 11.2 Å². The summed E-state index contributed by atoms with van der Waals surface area (Å²) >= 11 is 1.24. The fourth-order valence-corrected chi connectivity index (χ4v) is 3.75. The van der Waals surface area contributed by atoms with Crippen LogP contribution in [0.15, 0.2) is 29.4 Å². The van der Waals surface area contributed by atoms with Crippen molar-refractivity contribution < 1.29 is 4.79 Å². The molecule has 134 valence electrons. The van der Waals surface area contributed by atoms with Crippen LogP contribution in [0.4, 0.5) is 5.69 Å². The van der Waals surface area contributed by atoms with E-state index in [0.29, 0.717) is 11.0 Å². The molecule has 0 fully saturated rings. The number of nitrogens with one attached hydrogen (secondary N) is 2. The summed E-state index contributed by atoms with van der Waals surface area (Å²) in [5.41, 5.74) is 4.93. The first-order valence-corrected chi connectivity index (χ1v) is 9.36. The van der Waals surface area contributed by atoms with E-state index in [2.05, 4.69) is 25.7 Å². The minimum absolute atomic E-state index is 0.120. The number of aryl methyl sites for hydroxylation is 2. The van der Waals surface area contributed by atoms with Crippen LogP contribution >= 0.6 is 11.8 Å². The van der Waals surface area contributed by atoms with Crippen molar-refractivity contribution in [3.05, 3.63) is 41.1 Å². The summed E-state index contributed by atoms with van der Waals surface area (Å²) in [6, 6.07) is 7.67. The van der Waals surface area contributed by atoms with Crippen molar-refractivity contribution in [2.45, 2.75) is 31.3 Å². The lowest BCUT2D eigenvalue weighted by Gasteiger charge is -2.06. The number of carbonyl (C=O) groups excluding carboxylic acids is 1. The number of aromatic nitrogens is 5. The van der Waals surface area contributed by atoms with Crippen LogP contribution in [0, 0.1) is 6.92 Å². The largest absolute Gasteiger partial charge is 0.335 e. The second-order valence-electron chi connectivity index (χ2n) is 6.27. The Morgan fingerprint density at radius 3 is 3.12 bits per heavy atom. The van der Waals surface area contributed by atoms with Gasteiger partial charge in [0.05, 0.1) is 5.75 Å². The van der Waals surface area contributed by atoms with E-state index in [4.69, 9.17) is 5.84 Å². The van der Waals surface area contributed by atoms with Crippen LogP contribution < -0.4 is 11.2 Å². The third-order valence-corrected chi connectivity index (χ3v) is 5.26. The predicted octanol–water partition coefficient (Wildman–Crippen LogP) is 1.91. The Morgan fingerprint density at radius 2 is 2.27 bits per heavy atom. The average molecular weight is 369 g/mol. The zero-order valence-electron chi connectivity index (χ0n) is 14.3. The zero-order valence-corrected chi connectivity index (χ0v) is 15.1. The molecule has 0 aliphatic heterocycles. The number of nitrogens with zero attached hydrogens (tertiary/aromatic N) is 4. The number of rotatable bonds is 5. The first-order chi connectivity index (χ1) is 12.6. The molecule has 0 saturated carbocycles. The average Bonchev–Trinajstić information content (AvgIpc) is 3.29. The van der Waals surface area contributed by atoms with Crippen LogP contribution in [0.1, 0.15) is 23.2 Å². The molecule has 0 bridgehead atoms. The highest BCUT2D eigenvalue weighted by Crippen LogP contribution is 2.30. The van der Waals surface area contributed by atoms with E-state index in [9.17, 15) is 4.79 Å². The molecule has 1 aliphatic rings. The summed E-state index contributed by atoms with van der Waals surface area (Å²) in [4.78, 5) is 12.1. The lowest BCUT2D eigenvalue weighted by atomic mass is 10.2. The number of fused-ring (bicyclic) bond motifs is 1. The van der Waals surface area contributed by atoms with Crippen molar-refractivity contribution in [1.82, 2.24) is 25.1 Å². The summed E-state index contributed by atoms with van der Waals surface area (Å²) in [6.07, 6.45) is 3.08. The van der Waals surface area contributed by atoms with Crippen LogP contribution in [-0.2, 0) is 17.6 Å². The van der Waals surface area contributed by atoms with E-state index in [-0.39, 0.29) is 11.7 Å². The van der Waals surface area contributed by atoms with Gasteiger partial charge in [-0.2, -0.15) is 5.10 Å². The molecule has 1 aromatic carbocycles. The maximum Gasteiger partial charge on any atom is 0.234 e. The Bertz CT molecular complexity index is 962. The van der Waals surface area contributed by atoms with Gasteiger partial charge in [0, 0.05) is 16.9 Å². The number of anilines is 1. The van der Waals surface area contributed by atoms with Crippen molar-refractivity contribution >= 4 is 23.4 Å². The Balaban J connectivity index is 1.43. The quantitative estimate of drug-likeness (QED) is 0.467. The Morgan fingerprint density at radius 1 is 1.38 bits per heavy atom. The number of carbonyl (C=O) groups is 1. The minimum atomic E-state index is -0.120. The minimum Gasteiger partial charge on any atom is -0.335 e. The van der Waals surface area contributed by atoms with Crippen molar-refractivity contribution in [1.29, 1.82) is 0 Å². The van der Waals surface area contributed by atoms with E-state index >= 15 is 0 Å². The van der Waals surface area contributed by atoms with E-state index in [1.807, 2.05) is 31.2 Å². The van der Waals surface area contributed by atoms with Gasteiger partial charge in [0.2, 0.25) is 16.9 Å². The molecule has 4 rings (SSSR count). The van der Waals surface area contributed by atoms with Gasteiger partial charge in [-0.05, 0) is 43.9 Å². The molecule has 2 heterocycles. The fourth-order valence-electron chi connectivity index (χ4n) is 3.09. The lowest BCUT2D eigenvalue weighted by Crippen LogP contribution is -2.16. The van der Waals surface area contributed by atoms with Crippen molar-refractivity contribution in [3.8, 4) is 11.5 Å². The molecule has 0 unspecified atom stereocenters. The molecule has 0 radical (unpaired) electrons. The first-order valence-electron chi connectivity index (χ1n) is 8.38. The highest BCUT2D eigenvalue weighted by molar-refractivity contribution is 7.99. The molecule has 26 heavy (non-hydrogen) atoms. The van der Waals surface area contributed by atoms with Gasteiger partial charge in [0.15, 0.2) is 0 Å². The molecule has 4 N–H and O–H groups in total. The highest BCUT2D eigenvalue weighted by Gasteiger charge is 2.24. The van der Waals surface area contributed by atoms with E-state index in [1.54, 1.807) is 0 Å². The van der Waals surface area contributed by atoms with Crippen LogP contribution in [0.25, 0.3) is 11.5 Å². The van der Waals surface area contributed by atoms with Crippen molar-refractivity contribution in [3.63, 3.8) is 0 Å². The molecule has 1 amide bonds. The third kappa shape index (κ3) is 3.17. The molecule has 0 spiro atoms. The summed E-state index contributed by atoms with van der Waals surface area (Å²) in [6.45, 7) is 1.98. The van der Waals surface area contributed by atoms with Gasteiger partial charge in [-0.1, -0.05) is 23.9 Å². The van der Waals surface area contributed by atoms with Crippen LogP contribution in [-0.4, -0.2) is 36.7 Å². The maximum atomic E-state index is 12.1. The van der Waals surface area contributed by atoms with E-state index in [1.165, 1.54) is 16.4 Å². The molecular weight excluding hydrogens is 350 g/mol. The number of aromatic amines is 1. The fraction of sp³-hybridized carbons (Fsp3) is 0.294. The van der Waals surface area contributed by atoms with Crippen LogP contribution in [0.3, 0.4) is 0 Å². The maximum absolute atomic E-state index is 12.1. The number of nitrogen functional groups attached to an aromatic ring is 1. The van der Waals surface area contributed by atoms with Gasteiger partial charge in [-0.15, -0.1) is 10.2 Å². The molecular formula is C17H19N7OS. The van der Waals surface area contributed by atoms with E-state index < -0.39 is 0 Å². The summed E-state index contributed by atoms with van der Waals surface area (Å²) in [7, 11) is 0. The van der Waals surface area contributed by atoms with Gasteiger partial charge in [-0.25, -0.2) is 4.68 Å². The number of benzene rings is 1. The SMILES string of the molecule is Cc1cccc(NC(=O)CSc2nnc(-c3n[nH]c4c3CCC4)n2N)c1. The van der Waals surface area contributed by atoms with E-state index in [0.717, 1.165) is 47.5 Å². The molecule has 0 atom stereocenters. The lowest BCUT2D eigenvalue weighted by molar-refractivity contribution is -0.113. The molecule has 8 nitrogen and oxygen atoms in total. The van der Waals surface area contributed by atoms with Gasteiger partial charge in [0.25, 0.3) is 0 Å². The standard InChI is InChI=1S/C17H19N7OS/c1-10-4-2-5-11(8-10)19-14(25)9-26-17-23-22-16(24(17)18)15-12-6-3-7-13(12)20-21-15/h2,4-5,8H,3,6-7,9,18H2,1H3,(H,19,25)(H,20,21).